The number of sulfonamides is 1. The molecule has 1 amide bonds. The number of carbonyl (C=O) groups is 1. The van der Waals surface area contributed by atoms with E-state index in [1.165, 1.54) is 10.6 Å². The second-order valence-electron chi connectivity index (χ2n) is 6.32. The number of amides is 1. The van der Waals surface area contributed by atoms with Crippen molar-refractivity contribution in [3.8, 4) is 5.75 Å². The highest BCUT2D eigenvalue weighted by molar-refractivity contribution is 7.88. The quantitative estimate of drug-likeness (QED) is 0.845. The van der Waals surface area contributed by atoms with Gasteiger partial charge in [0.15, 0.2) is 0 Å². The minimum Gasteiger partial charge on any atom is -0.491 e. The van der Waals surface area contributed by atoms with Gasteiger partial charge in [-0.3, -0.25) is 4.79 Å². The Morgan fingerprint density at radius 1 is 1.22 bits per heavy atom. The Hall–Kier alpha value is -1.60. The van der Waals surface area contributed by atoms with E-state index in [4.69, 9.17) is 4.74 Å². The van der Waals surface area contributed by atoms with Crippen LogP contribution in [-0.2, 0) is 14.8 Å². The van der Waals surface area contributed by atoms with E-state index in [9.17, 15) is 13.2 Å². The van der Waals surface area contributed by atoms with E-state index < -0.39 is 10.0 Å². The lowest BCUT2D eigenvalue weighted by Gasteiger charge is -2.37. The molecule has 1 aromatic carbocycles. The fourth-order valence-electron chi connectivity index (χ4n) is 3.40. The van der Waals surface area contributed by atoms with Crippen molar-refractivity contribution in [2.24, 2.45) is 11.8 Å². The van der Waals surface area contributed by atoms with Crippen molar-refractivity contribution >= 4 is 21.6 Å². The van der Waals surface area contributed by atoms with Crippen LogP contribution in [0.15, 0.2) is 24.3 Å². The molecular weight excluding hydrogens is 316 g/mol. The zero-order valence-electron chi connectivity index (χ0n) is 13.2. The Balaban J connectivity index is 1.78. The van der Waals surface area contributed by atoms with Gasteiger partial charge in [0.1, 0.15) is 5.75 Å². The summed E-state index contributed by atoms with van der Waals surface area (Å²) in [6.07, 6.45) is 3.13. The second kappa shape index (κ2) is 6.49. The highest BCUT2D eigenvalue weighted by atomic mass is 32.2. The molecule has 3 rings (SSSR count). The van der Waals surface area contributed by atoms with Crippen LogP contribution < -0.4 is 10.1 Å². The number of nitrogens with one attached hydrogen (secondary N) is 1. The van der Waals surface area contributed by atoms with Gasteiger partial charge in [0.05, 0.1) is 18.6 Å². The molecule has 23 heavy (non-hydrogen) atoms. The van der Waals surface area contributed by atoms with Crippen molar-refractivity contribution in [3.05, 3.63) is 24.3 Å². The van der Waals surface area contributed by atoms with Gasteiger partial charge >= 0.3 is 0 Å². The van der Waals surface area contributed by atoms with E-state index in [2.05, 4.69) is 5.32 Å². The van der Waals surface area contributed by atoms with E-state index in [0.717, 1.165) is 6.42 Å². The summed E-state index contributed by atoms with van der Waals surface area (Å²) in [6.45, 7) is 1.48. The van der Waals surface area contributed by atoms with Gasteiger partial charge in [-0.15, -0.1) is 0 Å². The van der Waals surface area contributed by atoms with Crippen LogP contribution in [-0.4, -0.2) is 44.6 Å². The molecule has 2 atom stereocenters. The third-order valence-electron chi connectivity index (χ3n) is 4.68. The summed E-state index contributed by atoms with van der Waals surface area (Å²) >= 11 is 0. The summed E-state index contributed by atoms with van der Waals surface area (Å²) in [7, 11) is -3.18. The maximum Gasteiger partial charge on any atom is 0.224 e. The zero-order chi connectivity index (χ0) is 16.4. The zero-order valence-corrected chi connectivity index (χ0v) is 14.0. The molecule has 0 saturated carbocycles. The van der Waals surface area contributed by atoms with E-state index >= 15 is 0 Å². The molecular formula is C16H22N2O4S. The second-order valence-corrected chi connectivity index (χ2v) is 8.30. The van der Waals surface area contributed by atoms with Crippen LogP contribution in [0, 0.1) is 11.8 Å². The van der Waals surface area contributed by atoms with Gasteiger partial charge < -0.3 is 10.1 Å². The first-order valence-electron chi connectivity index (χ1n) is 7.90. The van der Waals surface area contributed by atoms with Gasteiger partial charge in [0, 0.05) is 19.5 Å². The third-order valence-corrected chi connectivity index (χ3v) is 5.95. The van der Waals surface area contributed by atoms with Crippen molar-refractivity contribution in [3.63, 3.8) is 0 Å². The summed E-state index contributed by atoms with van der Waals surface area (Å²) in [6, 6.07) is 7.39. The van der Waals surface area contributed by atoms with Gasteiger partial charge in [0.25, 0.3) is 0 Å². The Labute approximate surface area is 136 Å². The SMILES string of the molecule is CS(=O)(=O)N1CC[C@H]2CC(=O)Nc3ccccc3OCC[C@H]2C1. The van der Waals surface area contributed by atoms with Crippen LogP contribution in [0.5, 0.6) is 5.75 Å². The molecule has 6 nitrogen and oxygen atoms in total. The van der Waals surface area contributed by atoms with Crippen molar-refractivity contribution < 1.29 is 17.9 Å². The Morgan fingerprint density at radius 2 is 2.00 bits per heavy atom. The normalized spacial score (nSPS) is 26.4. The molecule has 0 radical (unpaired) electrons. The predicted molar refractivity (Wildman–Crippen MR) is 87.8 cm³/mol. The molecule has 1 aromatic rings. The van der Waals surface area contributed by atoms with Gasteiger partial charge in [-0.25, -0.2) is 12.7 Å². The molecule has 2 aliphatic rings. The number of carbonyl (C=O) groups excluding carboxylic acids is 1. The highest BCUT2D eigenvalue weighted by Gasteiger charge is 2.34. The lowest BCUT2D eigenvalue weighted by atomic mass is 9.82. The van der Waals surface area contributed by atoms with E-state index in [1.807, 2.05) is 24.3 Å². The Kier molecular flexibility index (Phi) is 4.59. The lowest BCUT2D eigenvalue weighted by Crippen LogP contribution is -2.44. The average molecular weight is 338 g/mol. The monoisotopic (exact) mass is 338 g/mol. The molecule has 0 aliphatic carbocycles. The van der Waals surface area contributed by atoms with E-state index in [1.54, 1.807) is 0 Å². The molecule has 1 fully saturated rings. The first-order chi connectivity index (χ1) is 10.9. The average Bonchev–Trinajstić information content (AvgIpc) is 2.49. The van der Waals surface area contributed by atoms with E-state index in [-0.39, 0.29) is 17.7 Å². The van der Waals surface area contributed by atoms with Gasteiger partial charge in [-0.2, -0.15) is 0 Å². The summed E-state index contributed by atoms with van der Waals surface area (Å²) < 4.78 is 30.9. The van der Waals surface area contributed by atoms with Gasteiger partial charge in [-0.05, 0) is 36.8 Å². The molecule has 0 bridgehead atoms. The number of rotatable bonds is 1. The number of ether oxygens (including phenoxy) is 1. The molecule has 2 heterocycles. The number of anilines is 1. The fraction of sp³-hybridized carbons (Fsp3) is 0.562. The van der Waals surface area contributed by atoms with Gasteiger partial charge in [-0.1, -0.05) is 12.1 Å². The summed E-state index contributed by atoms with van der Waals surface area (Å²) in [4.78, 5) is 12.3. The third kappa shape index (κ3) is 3.84. The molecule has 1 saturated heterocycles. The highest BCUT2D eigenvalue weighted by Crippen LogP contribution is 2.33. The number of benzene rings is 1. The molecule has 2 aliphatic heterocycles. The minimum absolute atomic E-state index is 0.0363. The molecule has 0 unspecified atom stereocenters. The first-order valence-corrected chi connectivity index (χ1v) is 9.75. The Bertz CT molecular complexity index is 689. The number of fused-ring (bicyclic) bond motifs is 2. The van der Waals surface area contributed by atoms with Crippen LogP contribution in [0.2, 0.25) is 0 Å². The van der Waals surface area contributed by atoms with Crippen molar-refractivity contribution in [1.29, 1.82) is 0 Å². The van der Waals surface area contributed by atoms with Crippen molar-refractivity contribution in [1.82, 2.24) is 4.31 Å². The molecule has 7 heteroatoms. The molecule has 126 valence electrons. The molecule has 1 N–H and O–H groups in total. The van der Waals surface area contributed by atoms with Crippen LogP contribution in [0.25, 0.3) is 0 Å². The first kappa shape index (κ1) is 16.3. The number of nitrogens with zero attached hydrogens (tertiary/aromatic N) is 1. The summed E-state index contributed by atoms with van der Waals surface area (Å²) in [5.41, 5.74) is 0.699. The van der Waals surface area contributed by atoms with E-state index in [0.29, 0.717) is 44.0 Å². The largest absolute Gasteiger partial charge is 0.491 e. The topological polar surface area (TPSA) is 75.7 Å². The maximum absolute atomic E-state index is 12.3. The minimum atomic E-state index is -3.18. The number of para-hydroxylation sites is 2. The van der Waals surface area contributed by atoms with Crippen LogP contribution in [0.1, 0.15) is 19.3 Å². The number of hydrogen-bond acceptors (Lipinski definition) is 4. The smallest absolute Gasteiger partial charge is 0.224 e. The lowest BCUT2D eigenvalue weighted by molar-refractivity contribution is -0.117. The number of piperidine rings is 1. The maximum atomic E-state index is 12.3. The Morgan fingerprint density at radius 3 is 2.78 bits per heavy atom. The van der Waals surface area contributed by atoms with Gasteiger partial charge in [0.2, 0.25) is 15.9 Å². The predicted octanol–water partition coefficient (Wildman–Crippen LogP) is 1.70. The van der Waals surface area contributed by atoms with Crippen molar-refractivity contribution in [2.75, 3.05) is 31.3 Å². The molecule has 0 spiro atoms. The summed E-state index contributed by atoms with van der Waals surface area (Å²) in [5, 5.41) is 2.91. The molecule has 0 aromatic heterocycles. The fourth-order valence-corrected chi connectivity index (χ4v) is 4.30. The standard InChI is InChI=1S/C16H22N2O4S/c1-23(20,21)18-8-6-12-10-16(19)17-14-4-2-3-5-15(14)22-9-7-13(12)11-18/h2-5,12-13H,6-11H2,1H3,(H,17,19)/t12-,13-/m0/s1. The van der Waals surface area contributed by atoms with Crippen LogP contribution in [0.3, 0.4) is 0 Å². The number of hydrogen-bond donors (Lipinski definition) is 1. The summed E-state index contributed by atoms with van der Waals surface area (Å²) in [5.74, 6) is 0.970. The van der Waals surface area contributed by atoms with Crippen molar-refractivity contribution in [2.45, 2.75) is 19.3 Å². The van der Waals surface area contributed by atoms with Crippen LogP contribution >= 0.6 is 0 Å². The van der Waals surface area contributed by atoms with Crippen LogP contribution in [0.4, 0.5) is 5.69 Å².